The van der Waals surface area contributed by atoms with Crippen LogP contribution in [0.25, 0.3) is 0 Å². The van der Waals surface area contributed by atoms with Crippen LogP contribution in [0.2, 0.25) is 0 Å². The van der Waals surface area contributed by atoms with Crippen molar-refractivity contribution in [3.05, 3.63) is 6.92 Å². The highest BCUT2D eigenvalue weighted by Gasteiger charge is 2.17. The number of rotatable bonds is 1. The Hall–Kier alpha value is -0.180. The van der Waals surface area contributed by atoms with Crippen molar-refractivity contribution in [3.8, 4) is 0 Å². The van der Waals surface area contributed by atoms with E-state index in [1.54, 1.807) is 0 Å². The van der Waals surface area contributed by atoms with E-state index in [-0.39, 0.29) is 5.91 Å². The SMILES string of the molecule is [CH2]C(=O)NC1CSC1. The number of hydrogen-bond acceptors (Lipinski definition) is 2. The summed E-state index contributed by atoms with van der Waals surface area (Å²) in [6.07, 6.45) is 0. The minimum Gasteiger partial charge on any atom is -0.352 e. The predicted octanol–water partition coefficient (Wildman–Crippen LogP) is 0.0521. The van der Waals surface area contributed by atoms with Crippen molar-refractivity contribution >= 4 is 17.7 Å². The summed E-state index contributed by atoms with van der Waals surface area (Å²) in [7, 11) is 0. The number of thioether (sulfide) groups is 1. The Morgan fingerprint density at radius 2 is 2.38 bits per heavy atom. The molecule has 2 nitrogen and oxygen atoms in total. The maximum absolute atomic E-state index is 10.2. The lowest BCUT2D eigenvalue weighted by Crippen LogP contribution is -2.42. The van der Waals surface area contributed by atoms with E-state index in [2.05, 4.69) is 12.2 Å². The van der Waals surface area contributed by atoms with Crippen molar-refractivity contribution < 1.29 is 4.79 Å². The molecular formula is C5H8NOS. The van der Waals surface area contributed by atoms with Gasteiger partial charge in [0.2, 0.25) is 5.91 Å². The van der Waals surface area contributed by atoms with Gasteiger partial charge in [-0.1, -0.05) is 0 Å². The zero-order valence-electron chi connectivity index (χ0n) is 4.52. The number of nitrogens with one attached hydrogen (secondary N) is 1. The largest absolute Gasteiger partial charge is 0.352 e. The monoisotopic (exact) mass is 130 g/mol. The summed E-state index contributed by atoms with van der Waals surface area (Å²) in [5.74, 6) is 1.96. The van der Waals surface area contributed by atoms with Crippen LogP contribution in [-0.2, 0) is 4.79 Å². The van der Waals surface area contributed by atoms with Crippen molar-refractivity contribution in [1.29, 1.82) is 0 Å². The molecule has 1 fully saturated rings. The summed E-state index contributed by atoms with van der Waals surface area (Å²) < 4.78 is 0. The van der Waals surface area contributed by atoms with Gasteiger partial charge in [0.1, 0.15) is 0 Å². The van der Waals surface area contributed by atoms with Crippen molar-refractivity contribution in [3.63, 3.8) is 0 Å². The molecule has 0 saturated carbocycles. The van der Waals surface area contributed by atoms with E-state index in [0.29, 0.717) is 6.04 Å². The molecule has 1 heterocycles. The van der Waals surface area contributed by atoms with Crippen LogP contribution in [0.3, 0.4) is 0 Å². The highest BCUT2D eigenvalue weighted by atomic mass is 32.2. The molecule has 8 heavy (non-hydrogen) atoms. The summed E-state index contributed by atoms with van der Waals surface area (Å²) in [4.78, 5) is 10.2. The van der Waals surface area contributed by atoms with E-state index in [1.807, 2.05) is 11.8 Å². The maximum atomic E-state index is 10.2. The first-order valence-electron chi connectivity index (χ1n) is 2.49. The van der Waals surface area contributed by atoms with Gasteiger partial charge in [-0.25, -0.2) is 0 Å². The van der Waals surface area contributed by atoms with Gasteiger partial charge in [-0.3, -0.25) is 4.79 Å². The highest BCUT2D eigenvalue weighted by Crippen LogP contribution is 2.16. The standard InChI is InChI=1S/C5H8NOS/c1-4(7)6-5-2-8-3-5/h5H,1-3H2,(H,6,7). The van der Waals surface area contributed by atoms with Crippen molar-refractivity contribution in [2.75, 3.05) is 11.5 Å². The van der Waals surface area contributed by atoms with Crippen LogP contribution in [0, 0.1) is 6.92 Å². The normalized spacial score (nSPS) is 19.6. The molecule has 45 valence electrons. The molecule has 0 spiro atoms. The first-order chi connectivity index (χ1) is 3.79. The second-order valence-electron chi connectivity index (χ2n) is 1.80. The van der Waals surface area contributed by atoms with E-state index in [1.165, 1.54) is 0 Å². The molecule has 0 aliphatic carbocycles. The molecule has 1 N–H and O–H groups in total. The summed E-state index contributed by atoms with van der Waals surface area (Å²) >= 11 is 1.84. The predicted molar refractivity (Wildman–Crippen MR) is 34.6 cm³/mol. The second kappa shape index (κ2) is 2.40. The number of amides is 1. The van der Waals surface area contributed by atoms with E-state index in [0.717, 1.165) is 11.5 Å². The van der Waals surface area contributed by atoms with Gasteiger partial charge in [-0.05, 0) is 0 Å². The maximum Gasteiger partial charge on any atom is 0.220 e. The molecule has 1 aliphatic rings. The van der Waals surface area contributed by atoms with Gasteiger partial charge in [-0.15, -0.1) is 0 Å². The zero-order chi connectivity index (χ0) is 5.98. The highest BCUT2D eigenvalue weighted by molar-refractivity contribution is 8.00. The second-order valence-corrected chi connectivity index (χ2v) is 2.88. The lowest BCUT2D eigenvalue weighted by molar-refractivity contribution is -0.117. The van der Waals surface area contributed by atoms with Gasteiger partial charge in [0.25, 0.3) is 0 Å². The first-order valence-corrected chi connectivity index (χ1v) is 3.64. The average molecular weight is 130 g/mol. The molecule has 3 heteroatoms. The number of carbonyl (C=O) groups is 1. The van der Waals surface area contributed by atoms with Gasteiger partial charge in [0.15, 0.2) is 0 Å². The minimum absolute atomic E-state index is 0.157. The van der Waals surface area contributed by atoms with Crippen LogP contribution in [0.1, 0.15) is 0 Å². The Labute approximate surface area is 53.0 Å². The first kappa shape index (κ1) is 5.95. The summed E-state index contributed by atoms with van der Waals surface area (Å²) in [5, 5.41) is 2.71. The van der Waals surface area contributed by atoms with Gasteiger partial charge in [0.05, 0.1) is 0 Å². The molecule has 0 unspecified atom stereocenters. The lowest BCUT2D eigenvalue weighted by atomic mass is 10.4. The van der Waals surface area contributed by atoms with E-state index < -0.39 is 0 Å². The van der Waals surface area contributed by atoms with Crippen LogP contribution in [0.4, 0.5) is 0 Å². The third kappa shape index (κ3) is 1.40. The molecule has 0 aromatic rings. The molecule has 0 aromatic heterocycles. The molecule has 1 aliphatic heterocycles. The Morgan fingerprint density at radius 1 is 1.75 bits per heavy atom. The van der Waals surface area contributed by atoms with Crippen LogP contribution in [0.5, 0.6) is 0 Å². The smallest absolute Gasteiger partial charge is 0.220 e. The molecular weight excluding hydrogens is 122 g/mol. The van der Waals surface area contributed by atoms with E-state index in [4.69, 9.17) is 0 Å². The van der Waals surface area contributed by atoms with Crippen molar-refractivity contribution in [2.24, 2.45) is 0 Å². The summed E-state index contributed by atoms with van der Waals surface area (Å²) in [6, 6.07) is 0.407. The Balaban J connectivity index is 2.09. The minimum atomic E-state index is -0.157. The third-order valence-electron chi connectivity index (χ3n) is 1.00. The van der Waals surface area contributed by atoms with Crippen LogP contribution < -0.4 is 5.32 Å². The van der Waals surface area contributed by atoms with Gasteiger partial charge in [-0.2, -0.15) is 11.8 Å². The average Bonchev–Trinajstić information content (AvgIpc) is 1.55. The van der Waals surface area contributed by atoms with Crippen molar-refractivity contribution in [1.82, 2.24) is 5.32 Å². The Bertz CT molecular complexity index is 101. The number of hydrogen-bond donors (Lipinski definition) is 1. The van der Waals surface area contributed by atoms with Gasteiger partial charge < -0.3 is 5.32 Å². The van der Waals surface area contributed by atoms with E-state index in [9.17, 15) is 4.79 Å². The molecule has 0 bridgehead atoms. The van der Waals surface area contributed by atoms with Crippen LogP contribution >= 0.6 is 11.8 Å². The summed E-state index contributed by atoms with van der Waals surface area (Å²) in [6.45, 7) is 3.20. The molecule has 0 atom stereocenters. The zero-order valence-corrected chi connectivity index (χ0v) is 5.33. The molecule has 1 radical (unpaired) electrons. The van der Waals surface area contributed by atoms with Gasteiger partial charge >= 0.3 is 0 Å². The Kier molecular flexibility index (Phi) is 1.78. The fourth-order valence-corrected chi connectivity index (χ4v) is 1.18. The molecule has 1 saturated heterocycles. The fourth-order valence-electron chi connectivity index (χ4n) is 0.547. The van der Waals surface area contributed by atoms with Crippen molar-refractivity contribution in [2.45, 2.75) is 6.04 Å². The fraction of sp³-hybridized carbons (Fsp3) is 0.600. The molecule has 1 amide bonds. The van der Waals surface area contributed by atoms with Crippen LogP contribution in [-0.4, -0.2) is 23.5 Å². The Morgan fingerprint density at radius 3 is 2.50 bits per heavy atom. The van der Waals surface area contributed by atoms with Gasteiger partial charge in [0, 0.05) is 24.5 Å². The topological polar surface area (TPSA) is 29.1 Å². The molecule has 0 aromatic carbocycles. The number of carbonyl (C=O) groups excluding carboxylic acids is 1. The molecule has 1 rings (SSSR count). The third-order valence-corrected chi connectivity index (χ3v) is 2.28. The quantitative estimate of drug-likeness (QED) is 0.543. The van der Waals surface area contributed by atoms with Crippen LogP contribution in [0.15, 0.2) is 0 Å². The van der Waals surface area contributed by atoms with E-state index >= 15 is 0 Å². The lowest BCUT2D eigenvalue weighted by Gasteiger charge is -2.24. The summed E-state index contributed by atoms with van der Waals surface area (Å²) in [5.41, 5.74) is 0.